The summed E-state index contributed by atoms with van der Waals surface area (Å²) in [7, 11) is 1.53. The molecule has 1 heterocycles. The van der Waals surface area contributed by atoms with Crippen LogP contribution in [-0.4, -0.2) is 54.5 Å². The Balaban J connectivity index is 1.96. The van der Waals surface area contributed by atoms with E-state index in [2.05, 4.69) is 25.9 Å². The second-order valence-electron chi connectivity index (χ2n) is 4.99. The van der Waals surface area contributed by atoms with Crippen LogP contribution >= 0.6 is 11.8 Å². The maximum absolute atomic E-state index is 11.8. The molecule has 1 aromatic carbocycles. The Morgan fingerprint density at radius 2 is 2.04 bits per heavy atom. The van der Waals surface area contributed by atoms with Crippen molar-refractivity contribution in [2.45, 2.75) is 12.1 Å². The summed E-state index contributed by atoms with van der Waals surface area (Å²) in [4.78, 5) is 32.2. The number of hydrogen-bond acceptors (Lipinski definition) is 7. The van der Waals surface area contributed by atoms with Gasteiger partial charge in [-0.3, -0.25) is 10.1 Å². The molecule has 2 aromatic rings. The molecule has 1 aromatic heterocycles. The summed E-state index contributed by atoms with van der Waals surface area (Å²) in [6, 6.07) is 7.12. The molecule has 2 rings (SSSR count). The van der Waals surface area contributed by atoms with Crippen LogP contribution in [0, 0.1) is 0 Å². The van der Waals surface area contributed by atoms with Gasteiger partial charge >= 0.3 is 6.03 Å². The summed E-state index contributed by atoms with van der Waals surface area (Å²) in [5.41, 5.74) is 0.800. The summed E-state index contributed by atoms with van der Waals surface area (Å²) >= 11 is 1.17. The first-order valence-corrected chi connectivity index (χ1v) is 8.82. The third-order valence-electron chi connectivity index (χ3n) is 3.10. The van der Waals surface area contributed by atoms with Crippen LogP contribution in [0.5, 0.6) is 0 Å². The summed E-state index contributed by atoms with van der Waals surface area (Å²) in [6.07, 6.45) is 0. The predicted octanol–water partition coefficient (Wildman–Crippen LogP) is 1.63. The van der Waals surface area contributed by atoms with Gasteiger partial charge in [0.2, 0.25) is 5.91 Å². The molecule has 25 heavy (non-hydrogen) atoms. The number of para-hydroxylation sites is 1. The first-order valence-electron chi connectivity index (χ1n) is 7.84. The molecule has 0 unspecified atom stereocenters. The van der Waals surface area contributed by atoms with Gasteiger partial charge in [0.15, 0.2) is 5.16 Å². The van der Waals surface area contributed by atoms with Crippen LogP contribution in [0.15, 0.2) is 29.4 Å². The molecule has 0 radical (unpaired) electrons. The number of carbonyl (C=O) groups excluding carboxylic acids is 2. The number of nitrogens with one attached hydrogen (secondary N) is 3. The summed E-state index contributed by atoms with van der Waals surface area (Å²) in [5.74, 6) is 0.358. The van der Waals surface area contributed by atoms with E-state index in [-0.39, 0.29) is 5.75 Å². The quantitative estimate of drug-likeness (QED) is 0.372. The van der Waals surface area contributed by atoms with Crippen LogP contribution in [0.2, 0.25) is 0 Å². The number of thioether (sulfide) groups is 1. The Kier molecular flexibility index (Phi) is 7.42. The zero-order valence-electron chi connectivity index (χ0n) is 14.2. The number of fused-ring (bicyclic) bond motifs is 1. The zero-order chi connectivity index (χ0) is 18.1. The largest absolute Gasteiger partial charge is 0.383 e. The lowest BCUT2D eigenvalue weighted by molar-refractivity contribution is -0.117. The third-order valence-corrected chi connectivity index (χ3v) is 3.95. The van der Waals surface area contributed by atoms with E-state index in [1.807, 2.05) is 31.2 Å². The second kappa shape index (κ2) is 9.80. The van der Waals surface area contributed by atoms with Crippen LogP contribution < -0.4 is 16.0 Å². The van der Waals surface area contributed by atoms with Crippen molar-refractivity contribution >= 4 is 40.4 Å². The van der Waals surface area contributed by atoms with Crippen molar-refractivity contribution in [1.29, 1.82) is 0 Å². The highest BCUT2D eigenvalue weighted by molar-refractivity contribution is 7.99. The van der Waals surface area contributed by atoms with Gasteiger partial charge < -0.3 is 15.4 Å². The molecular weight excluding hydrogens is 342 g/mol. The highest BCUT2D eigenvalue weighted by Crippen LogP contribution is 2.24. The number of methoxy groups -OCH3 is 1. The Bertz CT molecular complexity index is 741. The first kappa shape index (κ1) is 18.9. The lowest BCUT2D eigenvalue weighted by Gasteiger charge is -2.09. The van der Waals surface area contributed by atoms with Gasteiger partial charge in [0.25, 0.3) is 0 Å². The molecule has 3 amide bonds. The van der Waals surface area contributed by atoms with Crippen molar-refractivity contribution in [3.05, 3.63) is 24.3 Å². The van der Waals surface area contributed by atoms with Crippen LogP contribution in [-0.2, 0) is 9.53 Å². The maximum atomic E-state index is 11.8. The Hall–Kier alpha value is -2.39. The van der Waals surface area contributed by atoms with E-state index < -0.39 is 11.9 Å². The van der Waals surface area contributed by atoms with E-state index in [9.17, 15) is 9.59 Å². The summed E-state index contributed by atoms with van der Waals surface area (Å²) < 4.78 is 4.81. The molecule has 0 aliphatic rings. The van der Waals surface area contributed by atoms with Crippen LogP contribution in [0.25, 0.3) is 10.9 Å². The fraction of sp³-hybridized carbons (Fsp3) is 0.375. The molecule has 0 atom stereocenters. The molecule has 3 N–H and O–H groups in total. The molecule has 0 saturated heterocycles. The topological polar surface area (TPSA) is 105 Å². The minimum absolute atomic E-state index is 0.0433. The van der Waals surface area contributed by atoms with Crippen molar-refractivity contribution in [3.8, 4) is 0 Å². The van der Waals surface area contributed by atoms with E-state index in [0.717, 1.165) is 23.3 Å². The number of aromatic nitrogens is 2. The molecule has 9 heteroatoms. The number of benzene rings is 1. The van der Waals surface area contributed by atoms with E-state index in [4.69, 9.17) is 4.74 Å². The van der Waals surface area contributed by atoms with E-state index in [1.165, 1.54) is 18.9 Å². The Morgan fingerprint density at radius 3 is 2.80 bits per heavy atom. The fourth-order valence-corrected chi connectivity index (χ4v) is 2.68. The lowest BCUT2D eigenvalue weighted by Crippen LogP contribution is -2.41. The maximum Gasteiger partial charge on any atom is 0.321 e. The van der Waals surface area contributed by atoms with Crippen molar-refractivity contribution in [2.75, 3.05) is 37.9 Å². The SMILES string of the molecule is CCNc1nc(SCC(=O)NC(=O)NCCOC)nc2ccccc12. The monoisotopic (exact) mass is 363 g/mol. The average Bonchev–Trinajstić information content (AvgIpc) is 2.60. The van der Waals surface area contributed by atoms with Gasteiger partial charge in [-0.05, 0) is 19.1 Å². The number of imide groups is 1. The molecule has 0 saturated carbocycles. The van der Waals surface area contributed by atoms with Gasteiger partial charge in [-0.15, -0.1) is 0 Å². The van der Waals surface area contributed by atoms with Crippen molar-refractivity contribution < 1.29 is 14.3 Å². The van der Waals surface area contributed by atoms with Gasteiger partial charge in [-0.2, -0.15) is 0 Å². The highest BCUT2D eigenvalue weighted by atomic mass is 32.2. The normalized spacial score (nSPS) is 10.5. The Morgan fingerprint density at radius 1 is 1.24 bits per heavy atom. The first-order chi connectivity index (χ1) is 12.1. The van der Waals surface area contributed by atoms with Crippen LogP contribution in [0.1, 0.15) is 6.92 Å². The molecular formula is C16H21N5O3S. The Labute approximate surface area is 150 Å². The van der Waals surface area contributed by atoms with E-state index in [0.29, 0.717) is 18.3 Å². The van der Waals surface area contributed by atoms with E-state index in [1.54, 1.807) is 0 Å². The number of hydrogen-bond donors (Lipinski definition) is 3. The molecule has 134 valence electrons. The molecule has 0 aliphatic heterocycles. The third kappa shape index (κ3) is 5.87. The molecule has 0 aliphatic carbocycles. The standard InChI is InChI=1S/C16H21N5O3S/c1-3-17-14-11-6-4-5-7-12(11)19-16(21-14)25-10-13(22)20-15(23)18-8-9-24-2/h4-7H,3,8-10H2,1-2H3,(H,17,19,21)(H2,18,20,22,23). The van der Waals surface area contributed by atoms with Crippen LogP contribution in [0.3, 0.4) is 0 Å². The lowest BCUT2D eigenvalue weighted by atomic mass is 10.2. The summed E-state index contributed by atoms with van der Waals surface area (Å²) in [6.45, 7) is 3.43. The van der Waals surface area contributed by atoms with Crippen molar-refractivity contribution in [1.82, 2.24) is 20.6 Å². The van der Waals surface area contributed by atoms with Gasteiger partial charge in [-0.1, -0.05) is 23.9 Å². The molecule has 8 nitrogen and oxygen atoms in total. The van der Waals surface area contributed by atoms with Gasteiger partial charge in [0.05, 0.1) is 17.9 Å². The number of ether oxygens (including phenoxy) is 1. The number of nitrogens with zero attached hydrogens (tertiary/aromatic N) is 2. The minimum Gasteiger partial charge on any atom is -0.383 e. The van der Waals surface area contributed by atoms with Crippen LogP contribution in [0.4, 0.5) is 10.6 Å². The van der Waals surface area contributed by atoms with Crippen molar-refractivity contribution in [3.63, 3.8) is 0 Å². The number of rotatable bonds is 8. The number of amides is 3. The molecule has 0 fully saturated rings. The van der Waals surface area contributed by atoms with Gasteiger partial charge in [0.1, 0.15) is 5.82 Å². The molecule has 0 spiro atoms. The predicted molar refractivity (Wildman–Crippen MR) is 97.8 cm³/mol. The fourth-order valence-electron chi connectivity index (χ4n) is 2.03. The molecule has 0 bridgehead atoms. The average molecular weight is 363 g/mol. The van der Waals surface area contributed by atoms with Crippen molar-refractivity contribution in [2.24, 2.45) is 0 Å². The zero-order valence-corrected chi connectivity index (χ0v) is 15.0. The number of anilines is 1. The smallest absolute Gasteiger partial charge is 0.321 e. The number of urea groups is 1. The van der Waals surface area contributed by atoms with Gasteiger partial charge in [0, 0.05) is 25.6 Å². The van der Waals surface area contributed by atoms with Gasteiger partial charge in [-0.25, -0.2) is 14.8 Å². The highest BCUT2D eigenvalue weighted by Gasteiger charge is 2.11. The summed E-state index contributed by atoms with van der Waals surface area (Å²) in [5, 5.41) is 9.37. The minimum atomic E-state index is -0.546. The second-order valence-corrected chi connectivity index (χ2v) is 5.93. The van der Waals surface area contributed by atoms with E-state index >= 15 is 0 Å². The number of carbonyl (C=O) groups is 2.